The first-order valence-electron chi connectivity index (χ1n) is 8.15. The van der Waals surface area contributed by atoms with Gasteiger partial charge in [-0.05, 0) is 39.0 Å². The van der Waals surface area contributed by atoms with Gasteiger partial charge >= 0.3 is 0 Å². The van der Waals surface area contributed by atoms with Gasteiger partial charge < -0.3 is 0 Å². The van der Waals surface area contributed by atoms with Gasteiger partial charge in [-0.3, -0.25) is 9.36 Å². The van der Waals surface area contributed by atoms with Gasteiger partial charge in [-0.2, -0.15) is 5.10 Å². The van der Waals surface area contributed by atoms with Gasteiger partial charge in [0, 0.05) is 33.4 Å². The van der Waals surface area contributed by atoms with E-state index in [9.17, 15) is 4.79 Å². The van der Waals surface area contributed by atoms with Crippen LogP contribution in [0.2, 0.25) is 0 Å². The molecule has 3 aromatic rings. The summed E-state index contributed by atoms with van der Waals surface area (Å²) in [5.74, 6) is 0.207. The van der Waals surface area contributed by atoms with Crippen molar-refractivity contribution in [1.82, 2.24) is 15.0 Å². The van der Waals surface area contributed by atoms with Gasteiger partial charge in [0.1, 0.15) is 0 Å². The van der Waals surface area contributed by atoms with Crippen molar-refractivity contribution in [2.24, 2.45) is 5.10 Å². The molecule has 0 unspecified atom stereocenters. The maximum absolute atomic E-state index is 12.0. The molecule has 2 aromatic heterocycles. The summed E-state index contributed by atoms with van der Waals surface area (Å²) in [4.78, 5) is 17.4. The third-order valence-electron chi connectivity index (χ3n) is 3.86. The number of benzene rings is 1. The van der Waals surface area contributed by atoms with E-state index in [0.717, 1.165) is 27.0 Å². The number of carbonyl (C=O) groups is 1. The van der Waals surface area contributed by atoms with Crippen LogP contribution in [0.5, 0.6) is 0 Å². The minimum Gasteiger partial charge on any atom is -0.294 e. The minimum absolute atomic E-state index is 0.124. The van der Waals surface area contributed by atoms with Crippen LogP contribution in [0, 0.1) is 20.8 Å². The molecule has 1 amide bonds. The summed E-state index contributed by atoms with van der Waals surface area (Å²) in [6.45, 7) is 6.09. The van der Waals surface area contributed by atoms with Gasteiger partial charge in [-0.1, -0.05) is 17.7 Å². The largest absolute Gasteiger partial charge is 0.294 e. The summed E-state index contributed by atoms with van der Waals surface area (Å²) in [5.41, 5.74) is 6.89. The molecule has 134 valence electrons. The number of nitrogens with one attached hydrogen (secondary N) is 1. The maximum atomic E-state index is 12.0. The normalized spacial score (nSPS) is 11.2. The van der Waals surface area contributed by atoms with Crippen LogP contribution in [0.4, 0.5) is 0 Å². The number of carbonyl (C=O) groups excluding carboxylic acids is 1. The van der Waals surface area contributed by atoms with Gasteiger partial charge in [0.05, 0.1) is 12.0 Å². The Labute approximate surface area is 161 Å². The number of amides is 1. The molecule has 0 atom stereocenters. The lowest BCUT2D eigenvalue weighted by atomic mass is 10.2. The van der Waals surface area contributed by atoms with E-state index < -0.39 is 0 Å². The second kappa shape index (κ2) is 8.33. The number of hydrogen-bond acceptors (Lipinski definition) is 5. The third-order valence-corrected chi connectivity index (χ3v) is 5.63. The molecule has 0 spiro atoms. The van der Waals surface area contributed by atoms with Gasteiger partial charge in [0.25, 0.3) is 0 Å². The Kier molecular flexibility index (Phi) is 5.90. The van der Waals surface area contributed by atoms with Gasteiger partial charge in [-0.25, -0.2) is 10.4 Å². The Morgan fingerprint density at radius 3 is 2.77 bits per heavy atom. The van der Waals surface area contributed by atoms with Crippen LogP contribution in [0.1, 0.15) is 22.5 Å². The molecule has 0 saturated carbocycles. The predicted octanol–water partition coefficient (Wildman–Crippen LogP) is 4.10. The molecule has 1 aromatic carbocycles. The van der Waals surface area contributed by atoms with E-state index in [0.29, 0.717) is 5.75 Å². The average Bonchev–Trinajstić information content (AvgIpc) is 3.23. The van der Waals surface area contributed by atoms with Crippen LogP contribution in [0.25, 0.3) is 5.13 Å². The number of thioether (sulfide) groups is 1. The van der Waals surface area contributed by atoms with Gasteiger partial charge in [0.15, 0.2) is 5.13 Å². The number of hydrazone groups is 1. The highest BCUT2D eigenvalue weighted by molar-refractivity contribution is 8.00. The Morgan fingerprint density at radius 2 is 2.08 bits per heavy atom. The first-order valence-corrected chi connectivity index (χ1v) is 10.0. The van der Waals surface area contributed by atoms with E-state index in [1.165, 1.54) is 17.3 Å². The molecule has 0 aliphatic heterocycles. The number of hydrogen-bond donors (Lipinski definition) is 1. The van der Waals surface area contributed by atoms with Crippen LogP contribution in [0.3, 0.4) is 0 Å². The number of aromatic nitrogens is 2. The fourth-order valence-electron chi connectivity index (χ4n) is 2.53. The highest BCUT2D eigenvalue weighted by Gasteiger charge is 2.11. The SMILES string of the molecule is Cc1ccc(SCC(=O)N/N=C\c2cc(C)n(-c3nccs3)c2C)cc1. The second-order valence-corrected chi connectivity index (χ2v) is 7.79. The fraction of sp³-hybridized carbons (Fsp3) is 0.211. The highest BCUT2D eigenvalue weighted by atomic mass is 32.2. The quantitative estimate of drug-likeness (QED) is 0.395. The van der Waals surface area contributed by atoms with E-state index in [1.807, 2.05) is 56.5 Å². The van der Waals surface area contributed by atoms with Crippen molar-refractivity contribution in [2.45, 2.75) is 25.7 Å². The number of rotatable bonds is 6. The van der Waals surface area contributed by atoms with Crippen molar-refractivity contribution in [3.05, 3.63) is 64.4 Å². The summed E-state index contributed by atoms with van der Waals surface area (Å²) in [7, 11) is 0. The Hall–Kier alpha value is -2.38. The Bertz CT molecular complexity index is 912. The zero-order chi connectivity index (χ0) is 18.5. The van der Waals surface area contributed by atoms with E-state index in [1.54, 1.807) is 23.7 Å². The van der Waals surface area contributed by atoms with Crippen molar-refractivity contribution in [3.63, 3.8) is 0 Å². The molecule has 0 radical (unpaired) electrons. The first-order chi connectivity index (χ1) is 12.5. The number of thiazole rings is 1. The Balaban J connectivity index is 1.57. The zero-order valence-corrected chi connectivity index (χ0v) is 16.5. The highest BCUT2D eigenvalue weighted by Crippen LogP contribution is 2.21. The topological polar surface area (TPSA) is 59.3 Å². The molecule has 0 fully saturated rings. The molecule has 0 bridgehead atoms. The fourth-order valence-corrected chi connectivity index (χ4v) is 3.97. The standard InChI is InChI=1S/C19H20N4OS2/c1-13-4-6-17(7-5-13)26-12-18(24)22-21-11-16-10-14(2)23(15(16)3)19-20-8-9-25-19/h4-11H,12H2,1-3H3,(H,22,24)/b21-11-. The Morgan fingerprint density at radius 1 is 1.31 bits per heavy atom. The van der Waals surface area contributed by atoms with Crippen LogP contribution >= 0.6 is 23.1 Å². The maximum Gasteiger partial charge on any atom is 0.250 e. The lowest BCUT2D eigenvalue weighted by molar-refractivity contribution is -0.118. The summed E-state index contributed by atoms with van der Waals surface area (Å²) in [6, 6.07) is 10.1. The smallest absolute Gasteiger partial charge is 0.250 e. The summed E-state index contributed by atoms with van der Waals surface area (Å²) >= 11 is 3.08. The number of aryl methyl sites for hydroxylation is 2. The molecule has 3 rings (SSSR count). The molecule has 5 nitrogen and oxygen atoms in total. The third kappa shape index (κ3) is 4.42. The summed E-state index contributed by atoms with van der Waals surface area (Å²) in [6.07, 6.45) is 3.47. The van der Waals surface area contributed by atoms with E-state index >= 15 is 0 Å². The van der Waals surface area contributed by atoms with Crippen LogP contribution in [0.15, 0.2) is 51.9 Å². The average molecular weight is 385 g/mol. The molecule has 0 aliphatic carbocycles. The van der Waals surface area contributed by atoms with Crippen molar-refractivity contribution >= 4 is 35.2 Å². The molecule has 1 N–H and O–H groups in total. The van der Waals surface area contributed by atoms with E-state index in [4.69, 9.17) is 0 Å². The van der Waals surface area contributed by atoms with Crippen molar-refractivity contribution in [3.8, 4) is 5.13 Å². The van der Waals surface area contributed by atoms with E-state index in [-0.39, 0.29) is 5.91 Å². The first kappa shape index (κ1) is 18.4. The molecule has 26 heavy (non-hydrogen) atoms. The summed E-state index contributed by atoms with van der Waals surface area (Å²) < 4.78 is 2.08. The lowest BCUT2D eigenvalue weighted by Gasteiger charge is -2.04. The lowest BCUT2D eigenvalue weighted by Crippen LogP contribution is -2.19. The minimum atomic E-state index is -0.124. The van der Waals surface area contributed by atoms with Gasteiger partial charge in [-0.15, -0.1) is 23.1 Å². The predicted molar refractivity (Wildman–Crippen MR) is 109 cm³/mol. The van der Waals surface area contributed by atoms with Crippen molar-refractivity contribution in [2.75, 3.05) is 5.75 Å². The van der Waals surface area contributed by atoms with Crippen LogP contribution < -0.4 is 5.43 Å². The molecule has 2 heterocycles. The van der Waals surface area contributed by atoms with Crippen molar-refractivity contribution < 1.29 is 4.79 Å². The van der Waals surface area contributed by atoms with Gasteiger partial charge in [0.2, 0.25) is 5.91 Å². The molecular formula is C19H20N4OS2. The zero-order valence-electron chi connectivity index (χ0n) is 14.9. The van der Waals surface area contributed by atoms with Crippen molar-refractivity contribution in [1.29, 1.82) is 0 Å². The van der Waals surface area contributed by atoms with E-state index in [2.05, 4.69) is 20.1 Å². The monoisotopic (exact) mass is 384 g/mol. The number of nitrogens with zero attached hydrogens (tertiary/aromatic N) is 3. The molecule has 7 heteroatoms. The second-order valence-electron chi connectivity index (χ2n) is 5.87. The van der Waals surface area contributed by atoms with Crippen LogP contribution in [-0.4, -0.2) is 27.4 Å². The molecular weight excluding hydrogens is 364 g/mol. The summed E-state index contributed by atoms with van der Waals surface area (Å²) in [5, 5.41) is 6.98. The molecule has 0 saturated heterocycles. The molecule has 0 aliphatic rings. The van der Waals surface area contributed by atoms with Crippen LogP contribution in [-0.2, 0) is 4.79 Å².